The van der Waals surface area contributed by atoms with Crippen molar-refractivity contribution < 1.29 is 19.2 Å². The highest BCUT2D eigenvalue weighted by Gasteiger charge is 2.52. The van der Waals surface area contributed by atoms with Gasteiger partial charge in [0, 0.05) is 33.9 Å². The number of hydrogen-bond donors (Lipinski definition) is 2. The number of benzene rings is 4. The molecule has 0 radical (unpaired) electrons. The van der Waals surface area contributed by atoms with E-state index in [4.69, 9.17) is 0 Å². The molecule has 4 fully saturated rings. The predicted octanol–water partition coefficient (Wildman–Crippen LogP) is 9.19. The van der Waals surface area contributed by atoms with Gasteiger partial charge in [-0.05, 0) is 137 Å². The molecule has 10 heteroatoms. The van der Waals surface area contributed by atoms with Crippen molar-refractivity contribution in [3.05, 3.63) is 140 Å². The fraction of sp³-hybridized carbons (Fsp3) is 0.417. The van der Waals surface area contributed by atoms with Gasteiger partial charge in [0.25, 0.3) is 0 Å². The van der Waals surface area contributed by atoms with E-state index in [9.17, 15) is 19.2 Å². The number of imide groups is 2. The third kappa shape index (κ3) is 8.81. The van der Waals surface area contributed by atoms with Crippen LogP contribution in [0.25, 0.3) is 0 Å². The highest BCUT2D eigenvalue weighted by molar-refractivity contribution is 9.10. The van der Waals surface area contributed by atoms with Gasteiger partial charge in [0.05, 0.1) is 10.8 Å². The van der Waals surface area contributed by atoms with Crippen LogP contribution in [0.4, 0.5) is 0 Å². The summed E-state index contributed by atoms with van der Waals surface area (Å²) in [5.74, 6) is -0.0397. The fourth-order valence-corrected chi connectivity index (χ4v) is 10.7. The van der Waals surface area contributed by atoms with Gasteiger partial charge >= 0.3 is 0 Å². The molecule has 0 spiro atoms. The van der Waals surface area contributed by atoms with E-state index in [0.29, 0.717) is 37.8 Å². The highest BCUT2D eigenvalue weighted by atomic mass is 79.9. The van der Waals surface area contributed by atoms with Gasteiger partial charge in [-0.25, -0.2) is 0 Å². The van der Waals surface area contributed by atoms with Crippen LogP contribution in [0.3, 0.4) is 0 Å². The Morgan fingerprint density at radius 3 is 1.16 bits per heavy atom. The number of amides is 4. The van der Waals surface area contributed by atoms with Crippen LogP contribution in [0.2, 0.25) is 0 Å². The molecule has 4 aliphatic rings. The van der Waals surface area contributed by atoms with E-state index in [1.54, 1.807) is 0 Å². The molecule has 2 N–H and O–H groups in total. The lowest BCUT2D eigenvalue weighted by Gasteiger charge is -2.46. The predicted molar refractivity (Wildman–Crippen MR) is 235 cm³/mol. The number of likely N-dealkylation sites (tertiary alicyclic amines) is 2. The SMILES string of the molecule is CC(c1ccc(Br)cc1)N1CCC(C2(c3ccccc3)CCC(=O)NC2=O)CC1.CC(c1ccc(Br)cc1)N1CCC(C2(c3ccccc3)CCC(=O)NC2=O)CC1. The van der Waals surface area contributed by atoms with E-state index < -0.39 is 10.8 Å². The molecule has 4 unspecified atom stereocenters. The Labute approximate surface area is 359 Å². The van der Waals surface area contributed by atoms with Gasteiger partial charge < -0.3 is 0 Å². The maximum Gasteiger partial charge on any atom is 0.237 e. The molecule has 4 aromatic carbocycles. The zero-order chi connectivity index (χ0) is 40.9. The van der Waals surface area contributed by atoms with Crippen LogP contribution < -0.4 is 10.6 Å². The summed E-state index contributed by atoms with van der Waals surface area (Å²) in [4.78, 5) is 55.0. The summed E-state index contributed by atoms with van der Waals surface area (Å²) < 4.78 is 2.18. The summed E-state index contributed by atoms with van der Waals surface area (Å²) in [6, 6.07) is 37.9. The molecule has 4 heterocycles. The molecule has 0 bridgehead atoms. The first-order valence-electron chi connectivity index (χ1n) is 20.8. The van der Waals surface area contributed by atoms with Crippen molar-refractivity contribution in [1.29, 1.82) is 0 Å². The average Bonchev–Trinajstić information content (AvgIpc) is 3.25. The average molecular weight is 911 g/mol. The third-order valence-electron chi connectivity index (χ3n) is 13.6. The number of rotatable bonds is 8. The molecule has 4 atom stereocenters. The lowest BCUT2D eigenvalue weighted by atomic mass is 9.62. The van der Waals surface area contributed by atoms with Gasteiger partial charge in [-0.15, -0.1) is 0 Å². The molecule has 4 amide bonds. The number of halogens is 2. The second kappa shape index (κ2) is 18.5. The zero-order valence-electron chi connectivity index (χ0n) is 33.5. The Morgan fingerprint density at radius 1 is 0.517 bits per heavy atom. The Kier molecular flexibility index (Phi) is 13.5. The standard InChI is InChI=1S/2C24H27BrN2O2/c2*1-17(18-7-9-21(25)10-8-18)27-15-12-20(13-16-27)24(19-5-3-2-4-6-19)14-11-22(28)26-23(24)29/h2*2-10,17,20H,11-16H2,1H3,(H,26,28,29). The molecular formula is C48H54Br2N4O4. The summed E-state index contributed by atoms with van der Waals surface area (Å²) in [6.07, 6.45) is 5.86. The second-order valence-corrected chi connectivity index (χ2v) is 18.3. The molecular weight excluding hydrogens is 856 g/mol. The summed E-state index contributed by atoms with van der Waals surface area (Å²) in [5, 5.41) is 5.27. The van der Waals surface area contributed by atoms with Crippen LogP contribution in [0, 0.1) is 11.8 Å². The lowest BCUT2D eigenvalue weighted by Crippen LogP contribution is -2.57. The van der Waals surface area contributed by atoms with Gasteiger partial charge in [0.1, 0.15) is 0 Å². The molecule has 4 aliphatic heterocycles. The molecule has 0 aliphatic carbocycles. The molecule has 8 rings (SSSR count). The van der Waals surface area contributed by atoms with E-state index in [0.717, 1.165) is 71.9 Å². The monoisotopic (exact) mass is 908 g/mol. The van der Waals surface area contributed by atoms with Gasteiger partial charge in [0.2, 0.25) is 23.6 Å². The Bertz CT molecular complexity index is 1900. The van der Waals surface area contributed by atoms with E-state index in [1.807, 2.05) is 60.7 Å². The molecule has 304 valence electrons. The van der Waals surface area contributed by atoms with Gasteiger partial charge in [-0.3, -0.25) is 39.6 Å². The maximum atomic E-state index is 13.1. The van der Waals surface area contributed by atoms with Gasteiger partial charge in [0.15, 0.2) is 0 Å². The van der Waals surface area contributed by atoms with Crippen LogP contribution in [0.5, 0.6) is 0 Å². The Balaban J connectivity index is 0.000000177. The molecule has 4 saturated heterocycles. The zero-order valence-corrected chi connectivity index (χ0v) is 36.6. The number of nitrogens with one attached hydrogen (secondary N) is 2. The van der Waals surface area contributed by atoms with E-state index in [2.05, 4.69) is 115 Å². The van der Waals surface area contributed by atoms with Crippen molar-refractivity contribution in [2.24, 2.45) is 11.8 Å². The number of piperidine rings is 4. The number of hydrogen-bond acceptors (Lipinski definition) is 6. The second-order valence-electron chi connectivity index (χ2n) is 16.5. The topological polar surface area (TPSA) is 98.8 Å². The van der Waals surface area contributed by atoms with Crippen LogP contribution in [-0.4, -0.2) is 59.6 Å². The molecule has 0 saturated carbocycles. The summed E-state index contributed by atoms with van der Waals surface area (Å²) in [5.41, 5.74) is 3.52. The minimum absolute atomic E-state index is 0.112. The minimum atomic E-state index is -0.595. The molecule has 58 heavy (non-hydrogen) atoms. The maximum absolute atomic E-state index is 13.1. The molecule has 8 nitrogen and oxygen atoms in total. The number of carbonyl (C=O) groups excluding carboxylic acids is 4. The number of carbonyl (C=O) groups is 4. The third-order valence-corrected chi connectivity index (χ3v) is 14.7. The molecule has 0 aromatic heterocycles. The first-order chi connectivity index (χ1) is 28.0. The minimum Gasteiger partial charge on any atom is -0.297 e. The van der Waals surface area contributed by atoms with E-state index in [-0.39, 0.29) is 35.5 Å². The first-order valence-corrected chi connectivity index (χ1v) is 22.4. The first kappa shape index (κ1) is 42.2. The largest absolute Gasteiger partial charge is 0.297 e. The van der Waals surface area contributed by atoms with Crippen molar-refractivity contribution in [2.75, 3.05) is 26.2 Å². The van der Waals surface area contributed by atoms with Crippen molar-refractivity contribution in [2.45, 2.75) is 88.1 Å². The van der Waals surface area contributed by atoms with Crippen molar-refractivity contribution in [3.8, 4) is 0 Å². The lowest BCUT2D eigenvalue weighted by molar-refractivity contribution is -0.142. The summed E-state index contributed by atoms with van der Waals surface area (Å²) >= 11 is 7.01. The van der Waals surface area contributed by atoms with Crippen LogP contribution >= 0.6 is 31.9 Å². The Hall–Kier alpha value is -3.96. The highest BCUT2D eigenvalue weighted by Crippen LogP contribution is 2.46. The van der Waals surface area contributed by atoms with Crippen LogP contribution in [0.1, 0.15) is 99.6 Å². The van der Waals surface area contributed by atoms with E-state index in [1.165, 1.54) is 11.1 Å². The van der Waals surface area contributed by atoms with Crippen molar-refractivity contribution >= 4 is 55.5 Å². The smallest absolute Gasteiger partial charge is 0.237 e. The Morgan fingerprint density at radius 2 is 0.845 bits per heavy atom. The van der Waals surface area contributed by atoms with E-state index >= 15 is 0 Å². The summed E-state index contributed by atoms with van der Waals surface area (Å²) in [6.45, 7) is 8.33. The normalized spacial score (nSPS) is 24.9. The summed E-state index contributed by atoms with van der Waals surface area (Å²) in [7, 11) is 0. The van der Waals surface area contributed by atoms with Gasteiger partial charge in [-0.2, -0.15) is 0 Å². The quantitative estimate of drug-likeness (QED) is 0.171. The number of nitrogens with zero attached hydrogens (tertiary/aromatic N) is 2. The van der Waals surface area contributed by atoms with Crippen molar-refractivity contribution in [3.63, 3.8) is 0 Å². The van der Waals surface area contributed by atoms with Crippen LogP contribution in [-0.2, 0) is 30.0 Å². The molecule has 4 aromatic rings. The van der Waals surface area contributed by atoms with Gasteiger partial charge in [-0.1, -0.05) is 117 Å². The fourth-order valence-electron chi connectivity index (χ4n) is 10.2. The van der Waals surface area contributed by atoms with Crippen LogP contribution in [0.15, 0.2) is 118 Å². The van der Waals surface area contributed by atoms with Crippen molar-refractivity contribution in [1.82, 2.24) is 20.4 Å².